The lowest BCUT2D eigenvalue weighted by molar-refractivity contribution is 0.0947. The minimum absolute atomic E-state index is 0.146. The van der Waals surface area contributed by atoms with Crippen LogP contribution in [0.25, 0.3) is 16.9 Å². The van der Waals surface area contributed by atoms with Gasteiger partial charge in [-0.3, -0.25) is 9.78 Å². The highest BCUT2D eigenvalue weighted by Gasteiger charge is 2.14. The van der Waals surface area contributed by atoms with Gasteiger partial charge < -0.3 is 14.6 Å². The summed E-state index contributed by atoms with van der Waals surface area (Å²) < 4.78 is 1.85. The average Bonchev–Trinajstić information content (AvgIpc) is 3.13. The second-order valence-corrected chi connectivity index (χ2v) is 6.14. The molecule has 3 aromatic rings. The van der Waals surface area contributed by atoms with Gasteiger partial charge in [0.15, 0.2) is 5.65 Å². The van der Waals surface area contributed by atoms with Crippen molar-refractivity contribution in [3.8, 4) is 11.3 Å². The van der Waals surface area contributed by atoms with Crippen LogP contribution >= 0.6 is 0 Å². The summed E-state index contributed by atoms with van der Waals surface area (Å²) in [6.45, 7) is 8.00. The van der Waals surface area contributed by atoms with Crippen LogP contribution in [0, 0.1) is 0 Å². The molecular weight excluding hydrogens is 326 g/mol. The normalized spacial score (nSPS) is 11.2. The van der Waals surface area contributed by atoms with Crippen molar-refractivity contribution in [2.75, 3.05) is 26.2 Å². The summed E-state index contributed by atoms with van der Waals surface area (Å²) in [5, 5.41) is 2.96. The first kappa shape index (κ1) is 18.1. The van der Waals surface area contributed by atoms with E-state index in [-0.39, 0.29) is 5.91 Å². The Bertz CT molecular complexity index is 855. The molecule has 0 aliphatic carbocycles. The van der Waals surface area contributed by atoms with E-state index in [1.165, 1.54) is 0 Å². The second kappa shape index (κ2) is 8.58. The fourth-order valence-corrected chi connectivity index (χ4v) is 2.96. The third kappa shape index (κ3) is 4.08. The Morgan fingerprint density at radius 1 is 1.19 bits per heavy atom. The van der Waals surface area contributed by atoms with Crippen molar-refractivity contribution in [1.82, 2.24) is 24.6 Å². The molecule has 0 saturated carbocycles. The fourth-order valence-electron chi connectivity index (χ4n) is 2.96. The summed E-state index contributed by atoms with van der Waals surface area (Å²) in [4.78, 5) is 23.7. The minimum atomic E-state index is -0.146. The topological polar surface area (TPSA) is 62.5 Å². The number of amides is 1. The summed E-state index contributed by atoms with van der Waals surface area (Å²) in [7, 11) is 0. The third-order valence-corrected chi connectivity index (χ3v) is 4.49. The van der Waals surface area contributed by atoms with Gasteiger partial charge in [-0.2, -0.15) is 0 Å². The summed E-state index contributed by atoms with van der Waals surface area (Å²) >= 11 is 0. The molecule has 1 aromatic carbocycles. The monoisotopic (exact) mass is 351 g/mol. The van der Waals surface area contributed by atoms with Crippen LogP contribution in [0.2, 0.25) is 0 Å². The molecule has 6 heteroatoms. The molecule has 2 heterocycles. The van der Waals surface area contributed by atoms with Crippen LogP contribution in [0.1, 0.15) is 30.8 Å². The summed E-state index contributed by atoms with van der Waals surface area (Å²) in [5.74, 6) is -0.146. The molecule has 0 bridgehead atoms. The van der Waals surface area contributed by atoms with Gasteiger partial charge >= 0.3 is 0 Å². The van der Waals surface area contributed by atoms with Crippen molar-refractivity contribution in [3.63, 3.8) is 0 Å². The largest absolute Gasteiger partial charge is 0.351 e. The van der Waals surface area contributed by atoms with Crippen molar-refractivity contribution in [1.29, 1.82) is 0 Å². The van der Waals surface area contributed by atoms with Gasteiger partial charge in [-0.1, -0.05) is 44.2 Å². The Hall–Kier alpha value is -2.73. The highest BCUT2D eigenvalue weighted by Crippen LogP contribution is 2.21. The summed E-state index contributed by atoms with van der Waals surface area (Å²) in [5.41, 5.74) is 2.86. The smallest absolute Gasteiger partial charge is 0.271 e. The first-order chi connectivity index (χ1) is 12.7. The number of carbonyl (C=O) groups excluding carboxylic acids is 1. The van der Waals surface area contributed by atoms with E-state index >= 15 is 0 Å². The maximum Gasteiger partial charge on any atom is 0.271 e. The molecule has 136 valence electrons. The number of fused-ring (bicyclic) bond motifs is 1. The lowest BCUT2D eigenvalue weighted by Gasteiger charge is -2.17. The SMILES string of the molecule is CCN(CC)CCCNC(=O)c1cn2ccnc(-c3ccccc3)c2n1. The zero-order chi connectivity index (χ0) is 18.4. The lowest BCUT2D eigenvalue weighted by atomic mass is 10.1. The number of carbonyl (C=O) groups is 1. The Morgan fingerprint density at radius 2 is 1.96 bits per heavy atom. The number of rotatable bonds is 8. The van der Waals surface area contributed by atoms with Crippen LogP contribution in [0.3, 0.4) is 0 Å². The number of hydrogen-bond acceptors (Lipinski definition) is 4. The van der Waals surface area contributed by atoms with Crippen LogP contribution < -0.4 is 5.32 Å². The first-order valence-corrected chi connectivity index (χ1v) is 9.12. The summed E-state index contributed by atoms with van der Waals surface area (Å²) in [6.07, 6.45) is 6.22. The Balaban J connectivity index is 1.70. The van der Waals surface area contributed by atoms with Gasteiger partial charge in [0.25, 0.3) is 5.91 Å². The van der Waals surface area contributed by atoms with Crippen LogP contribution in [0.4, 0.5) is 0 Å². The molecule has 0 saturated heterocycles. The van der Waals surface area contributed by atoms with E-state index < -0.39 is 0 Å². The number of nitrogens with one attached hydrogen (secondary N) is 1. The third-order valence-electron chi connectivity index (χ3n) is 4.49. The second-order valence-electron chi connectivity index (χ2n) is 6.14. The van der Waals surface area contributed by atoms with Crippen LogP contribution in [-0.4, -0.2) is 51.4 Å². The Morgan fingerprint density at radius 3 is 2.69 bits per heavy atom. The van der Waals surface area contributed by atoms with E-state index in [0.717, 1.165) is 37.3 Å². The van der Waals surface area contributed by atoms with Gasteiger partial charge in [0.05, 0.1) is 0 Å². The highest BCUT2D eigenvalue weighted by molar-refractivity contribution is 5.93. The van der Waals surface area contributed by atoms with E-state index in [0.29, 0.717) is 17.9 Å². The van der Waals surface area contributed by atoms with E-state index in [9.17, 15) is 4.79 Å². The van der Waals surface area contributed by atoms with Crippen LogP contribution in [0.5, 0.6) is 0 Å². The Kier molecular flexibility index (Phi) is 5.96. The minimum Gasteiger partial charge on any atom is -0.351 e. The molecule has 1 amide bonds. The predicted molar refractivity (Wildman–Crippen MR) is 103 cm³/mol. The maximum absolute atomic E-state index is 12.4. The standard InChI is InChI=1S/C20H25N5O/c1-3-24(4-2)13-8-11-22-20(26)17-15-25-14-12-21-18(19(25)23-17)16-9-6-5-7-10-16/h5-7,9-10,12,14-15H,3-4,8,11,13H2,1-2H3,(H,22,26). The molecular formula is C20H25N5O. The zero-order valence-corrected chi connectivity index (χ0v) is 15.4. The van der Waals surface area contributed by atoms with Gasteiger partial charge in [0, 0.05) is 30.7 Å². The Labute approximate surface area is 153 Å². The van der Waals surface area contributed by atoms with Crippen molar-refractivity contribution >= 4 is 11.6 Å². The van der Waals surface area contributed by atoms with Gasteiger partial charge in [0.2, 0.25) is 0 Å². The quantitative estimate of drug-likeness (QED) is 0.634. The molecule has 3 rings (SSSR count). The molecule has 0 aliphatic rings. The number of imidazole rings is 1. The van der Waals surface area contributed by atoms with E-state index in [4.69, 9.17) is 0 Å². The zero-order valence-electron chi connectivity index (χ0n) is 15.4. The highest BCUT2D eigenvalue weighted by atomic mass is 16.1. The van der Waals surface area contributed by atoms with Crippen molar-refractivity contribution in [2.45, 2.75) is 20.3 Å². The van der Waals surface area contributed by atoms with Crippen LogP contribution in [0.15, 0.2) is 48.9 Å². The van der Waals surface area contributed by atoms with Gasteiger partial charge in [-0.05, 0) is 26.1 Å². The molecule has 2 aromatic heterocycles. The molecule has 0 spiro atoms. The summed E-state index contributed by atoms with van der Waals surface area (Å²) in [6, 6.07) is 9.88. The molecule has 0 atom stereocenters. The molecule has 0 fully saturated rings. The number of benzene rings is 1. The number of nitrogens with zero attached hydrogens (tertiary/aromatic N) is 4. The van der Waals surface area contributed by atoms with Crippen LogP contribution in [-0.2, 0) is 0 Å². The number of hydrogen-bond donors (Lipinski definition) is 1. The molecule has 26 heavy (non-hydrogen) atoms. The van der Waals surface area contributed by atoms with E-state index in [1.807, 2.05) is 40.9 Å². The van der Waals surface area contributed by atoms with E-state index in [1.54, 1.807) is 12.4 Å². The molecule has 0 unspecified atom stereocenters. The molecule has 1 N–H and O–H groups in total. The maximum atomic E-state index is 12.4. The molecule has 0 aliphatic heterocycles. The first-order valence-electron chi connectivity index (χ1n) is 9.12. The predicted octanol–water partition coefficient (Wildman–Crippen LogP) is 2.86. The number of aromatic nitrogens is 3. The molecule has 0 radical (unpaired) electrons. The fraction of sp³-hybridized carbons (Fsp3) is 0.350. The van der Waals surface area contributed by atoms with E-state index in [2.05, 4.69) is 34.0 Å². The average molecular weight is 351 g/mol. The van der Waals surface area contributed by atoms with Gasteiger partial charge in [0.1, 0.15) is 11.4 Å². The van der Waals surface area contributed by atoms with Crippen molar-refractivity contribution in [3.05, 3.63) is 54.6 Å². The molecule has 6 nitrogen and oxygen atoms in total. The lowest BCUT2D eigenvalue weighted by Crippen LogP contribution is -2.30. The van der Waals surface area contributed by atoms with Crippen molar-refractivity contribution < 1.29 is 4.79 Å². The van der Waals surface area contributed by atoms with Gasteiger partial charge in [-0.25, -0.2) is 4.98 Å². The van der Waals surface area contributed by atoms with Gasteiger partial charge in [-0.15, -0.1) is 0 Å². The van der Waals surface area contributed by atoms with Crippen molar-refractivity contribution in [2.24, 2.45) is 0 Å².